The molecule has 1 saturated carbocycles. The maximum atomic E-state index is 11.4. The molecule has 5 heteroatoms. The molecule has 0 radical (unpaired) electrons. The SMILES string of the molecule is CCCC1(CNS(=O)(=O)CCCO)CC1. The average molecular weight is 235 g/mol. The highest BCUT2D eigenvalue weighted by molar-refractivity contribution is 7.89. The molecule has 0 atom stereocenters. The summed E-state index contributed by atoms with van der Waals surface area (Å²) in [6.07, 6.45) is 4.82. The highest BCUT2D eigenvalue weighted by Crippen LogP contribution is 2.48. The maximum absolute atomic E-state index is 11.4. The van der Waals surface area contributed by atoms with Crippen LogP contribution in [0.2, 0.25) is 0 Å². The second-order valence-corrected chi connectivity index (χ2v) is 6.39. The third-order valence-corrected chi connectivity index (χ3v) is 4.39. The van der Waals surface area contributed by atoms with Crippen molar-refractivity contribution in [2.75, 3.05) is 18.9 Å². The van der Waals surface area contributed by atoms with Gasteiger partial charge in [0.15, 0.2) is 0 Å². The van der Waals surface area contributed by atoms with Crippen LogP contribution in [0.25, 0.3) is 0 Å². The summed E-state index contributed by atoms with van der Waals surface area (Å²) in [4.78, 5) is 0. The monoisotopic (exact) mass is 235 g/mol. The largest absolute Gasteiger partial charge is 0.396 e. The van der Waals surface area contributed by atoms with Gasteiger partial charge in [-0.15, -0.1) is 0 Å². The van der Waals surface area contributed by atoms with Gasteiger partial charge in [-0.05, 0) is 31.1 Å². The molecule has 4 nitrogen and oxygen atoms in total. The van der Waals surface area contributed by atoms with Gasteiger partial charge in [-0.25, -0.2) is 13.1 Å². The van der Waals surface area contributed by atoms with Crippen LogP contribution >= 0.6 is 0 Å². The average Bonchev–Trinajstić information content (AvgIpc) is 2.94. The zero-order chi connectivity index (χ0) is 11.4. The molecule has 0 aromatic carbocycles. The molecular weight excluding hydrogens is 214 g/mol. The Kier molecular flexibility index (Phi) is 4.55. The molecule has 0 heterocycles. The zero-order valence-electron chi connectivity index (χ0n) is 9.33. The van der Waals surface area contributed by atoms with Crippen molar-refractivity contribution < 1.29 is 13.5 Å². The van der Waals surface area contributed by atoms with Crippen LogP contribution in [0.4, 0.5) is 0 Å². The van der Waals surface area contributed by atoms with Gasteiger partial charge in [0.25, 0.3) is 0 Å². The number of sulfonamides is 1. The molecule has 0 aromatic heterocycles. The van der Waals surface area contributed by atoms with E-state index in [1.165, 1.54) is 0 Å². The molecular formula is C10H21NO3S. The minimum absolute atomic E-state index is 0.0334. The lowest BCUT2D eigenvalue weighted by atomic mass is 10.0. The number of nitrogens with one attached hydrogen (secondary N) is 1. The molecule has 1 aliphatic carbocycles. The first kappa shape index (κ1) is 12.9. The summed E-state index contributed by atoms with van der Waals surface area (Å²) in [5.41, 5.74) is 0.251. The summed E-state index contributed by atoms with van der Waals surface area (Å²) < 4.78 is 25.5. The first-order chi connectivity index (χ1) is 7.04. The lowest BCUT2D eigenvalue weighted by Crippen LogP contribution is -2.32. The number of aliphatic hydroxyl groups excluding tert-OH is 1. The van der Waals surface area contributed by atoms with Crippen LogP contribution in [0.3, 0.4) is 0 Å². The van der Waals surface area contributed by atoms with Crippen LogP contribution < -0.4 is 4.72 Å². The fourth-order valence-electron chi connectivity index (χ4n) is 1.81. The molecule has 1 aliphatic rings. The number of rotatable bonds is 8. The summed E-state index contributed by atoms with van der Waals surface area (Å²) in [6.45, 7) is 2.63. The molecule has 0 unspecified atom stereocenters. The van der Waals surface area contributed by atoms with E-state index in [0.717, 1.165) is 25.7 Å². The quantitative estimate of drug-likeness (QED) is 0.656. The van der Waals surface area contributed by atoms with Crippen LogP contribution in [0.15, 0.2) is 0 Å². The van der Waals surface area contributed by atoms with Gasteiger partial charge in [0, 0.05) is 13.2 Å². The minimum atomic E-state index is -3.17. The van der Waals surface area contributed by atoms with Gasteiger partial charge in [-0.1, -0.05) is 13.3 Å². The Morgan fingerprint density at radius 2 is 2.07 bits per heavy atom. The fourth-order valence-corrected chi connectivity index (χ4v) is 2.99. The van der Waals surface area contributed by atoms with Crippen molar-refractivity contribution in [3.8, 4) is 0 Å². The summed E-state index contributed by atoms with van der Waals surface area (Å²) in [5, 5.41) is 8.56. The van der Waals surface area contributed by atoms with Crippen LogP contribution in [0.1, 0.15) is 39.0 Å². The third kappa shape index (κ3) is 4.49. The Bertz CT molecular complexity index is 283. The fraction of sp³-hybridized carbons (Fsp3) is 1.00. The van der Waals surface area contributed by atoms with Crippen molar-refractivity contribution in [1.82, 2.24) is 4.72 Å². The molecule has 1 rings (SSSR count). The second kappa shape index (κ2) is 5.27. The van der Waals surface area contributed by atoms with Crippen molar-refractivity contribution in [2.45, 2.75) is 39.0 Å². The molecule has 1 fully saturated rings. The second-order valence-electron chi connectivity index (χ2n) is 4.47. The molecule has 15 heavy (non-hydrogen) atoms. The number of hydrogen-bond acceptors (Lipinski definition) is 3. The van der Waals surface area contributed by atoms with Crippen molar-refractivity contribution in [1.29, 1.82) is 0 Å². The highest BCUT2D eigenvalue weighted by atomic mass is 32.2. The van der Waals surface area contributed by atoms with E-state index in [-0.39, 0.29) is 17.8 Å². The zero-order valence-corrected chi connectivity index (χ0v) is 10.1. The number of hydrogen-bond donors (Lipinski definition) is 2. The first-order valence-corrected chi connectivity index (χ1v) is 7.27. The van der Waals surface area contributed by atoms with E-state index >= 15 is 0 Å². The first-order valence-electron chi connectivity index (χ1n) is 5.62. The van der Waals surface area contributed by atoms with Crippen molar-refractivity contribution in [2.24, 2.45) is 5.41 Å². The molecule has 0 saturated heterocycles. The van der Waals surface area contributed by atoms with Crippen LogP contribution in [-0.2, 0) is 10.0 Å². The highest BCUT2D eigenvalue weighted by Gasteiger charge is 2.41. The Morgan fingerprint density at radius 3 is 2.53 bits per heavy atom. The molecule has 0 aliphatic heterocycles. The summed E-state index contributed by atoms with van der Waals surface area (Å²) >= 11 is 0. The third-order valence-electron chi connectivity index (χ3n) is 2.98. The number of aliphatic hydroxyl groups is 1. The van der Waals surface area contributed by atoms with Gasteiger partial charge in [0.2, 0.25) is 10.0 Å². The van der Waals surface area contributed by atoms with Gasteiger partial charge in [0.1, 0.15) is 0 Å². The molecule has 0 bridgehead atoms. The topological polar surface area (TPSA) is 66.4 Å². The van der Waals surface area contributed by atoms with Crippen molar-refractivity contribution in [3.63, 3.8) is 0 Å². The van der Waals surface area contributed by atoms with Gasteiger partial charge >= 0.3 is 0 Å². The standard InChI is InChI=1S/C10H21NO3S/c1-2-4-10(5-6-10)9-11-15(13,14)8-3-7-12/h11-12H,2-9H2,1H3. The Labute approximate surface area is 92.1 Å². The van der Waals surface area contributed by atoms with E-state index in [0.29, 0.717) is 13.0 Å². The van der Waals surface area contributed by atoms with Gasteiger partial charge in [0.05, 0.1) is 5.75 Å². The Hall–Kier alpha value is -0.130. The molecule has 90 valence electrons. The van der Waals surface area contributed by atoms with E-state index in [1.54, 1.807) is 0 Å². The predicted octanol–water partition coefficient (Wildman–Crippen LogP) is 0.868. The van der Waals surface area contributed by atoms with Crippen molar-refractivity contribution >= 4 is 10.0 Å². The van der Waals surface area contributed by atoms with E-state index < -0.39 is 10.0 Å². The van der Waals surface area contributed by atoms with E-state index in [4.69, 9.17) is 5.11 Å². The summed E-state index contributed by atoms with van der Waals surface area (Å²) in [5.74, 6) is 0.0334. The van der Waals surface area contributed by atoms with E-state index in [9.17, 15) is 8.42 Å². The normalized spacial score (nSPS) is 19.1. The van der Waals surface area contributed by atoms with E-state index in [1.807, 2.05) is 0 Å². The minimum Gasteiger partial charge on any atom is -0.396 e. The van der Waals surface area contributed by atoms with Crippen molar-refractivity contribution in [3.05, 3.63) is 0 Å². The van der Waals surface area contributed by atoms with Gasteiger partial charge in [-0.3, -0.25) is 0 Å². The molecule has 0 amide bonds. The summed E-state index contributed by atoms with van der Waals surface area (Å²) in [6, 6.07) is 0. The van der Waals surface area contributed by atoms with Gasteiger partial charge < -0.3 is 5.11 Å². The smallest absolute Gasteiger partial charge is 0.211 e. The molecule has 2 N–H and O–H groups in total. The lowest BCUT2D eigenvalue weighted by molar-refractivity contribution is 0.295. The Morgan fingerprint density at radius 1 is 1.40 bits per heavy atom. The van der Waals surface area contributed by atoms with Crippen LogP contribution in [-0.4, -0.2) is 32.4 Å². The lowest BCUT2D eigenvalue weighted by Gasteiger charge is -2.14. The summed E-state index contributed by atoms with van der Waals surface area (Å²) in [7, 11) is -3.17. The van der Waals surface area contributed by atoms with Gasteiger partial charge in [-0.2, -0.15) is 0 Å². The van der Waals surface area contributed by atoms with E-state index in [2.05, 4.69) is 11.6 Å². The molecule has 0 aromatic rings. The van der Waals surface area contributed by atoms with Crippen LogP contribution in [0, 0.1) is 5.41 Å². The molecule has 0 spiro atoms. The maximum Gasteiger partial charge on any atom is 0.211 e. The van der Waals surface area contributed by atoms with Crippen LogP contribution in [0.5, 0.6) is 0 Å². The Balaban J connectivity index is 2.30. The predicted molar refractivity (Wildman–Crippen MR) is 60.1 cm³/mol.